The summed E-state index contributed by atoms with van der Waals surface area (Å²) in [6.07, 6.45) is 0. The molecule has 0 atom stereocenters. The lowest BCUT2D eigenvalue weighted by molar-refractivity contribution is 0.0692. The van der Waals surface area contributed by atoms with Gasteiger partial charge in [-0.1, -0.05) is 6.07 Å². The first-order valence-electron chi connectivity index (χ1n) is 6.55. The number of rotatable bonds is 4. The van der Waals surface area contributed by atoms with Crippen molar-refractivity contribution in [2.75, 3.05) is 19.0 Å². The zero-order valence-electron chi connectivity index (χ0n) is 12.5. The molecule has 1 aromatic carbocycles. The van der Waals surface area contributed by atoms with E-state index in [2.05, 4.69) is 4.98 Å². The van der Waals surface area contributed by atoms with Gasteiger partial charge in [-0.25, -0.2) is 9.78 Å². The summed E-state index contributed by atoms with van der Waals surface area (Å²) in [6.45, 7) is 3.54. The highest BCUT2D eigenvalue weighted by Crippen LogP contribution is 2.28. The second kappa shape index (κ2) is 5.83. The number of nitrogens with zero attached hydrogens (tertiary/aromatic N) is 2. The van der Waals surface area contributed by atoms with Crippen LogP contribution in [0.25, 0.3) is 0 Å². The number of aromatic carboxylic acids is 1. The standard InChI is InChI=1S/C16H18N2O3/c1-10-8-11(2)17-15(14(10)16(19)20)21-13-7-5-6-12(9-13)18(3)4/h5-9H,1-4H3,(H,19,20). The number of aryl methyl sites for hydroxylation is 2. The maximum atomic E-state index is 11.4. The summed E-state index contributed by atoms with van der Waals surface area (Å²) in [5.74, 6) is -0.365. The predicted molar refractivity (Wildman–Crippen MR) is 81.5 cm³/mol. The molecule has 21 heavy (non-hydrogen) atoms. The van der Waals surface area contributed by atoms with Crippen molar-refractivity contribution in [3.8, 4) is 11.6 Å². The van der Waals surface area contributed by atoms with E-state index in [1.165, 1.54) is 0 Å². The van der Waals surface area contributed by atoms with Crippen LogP contribution >= 0.6 is 0 Å². The van der Waals surface area contributed by atoms with E-state index in [0.717, 1.165) is 11.4 Å². The number of carboxylic acids is 1. The van der Waals surface area contributed by atoms with Crippen molar-refractivity contribution in [3.63, 3.8) is 0 Å². The number of aromatic nitrogens is 1. The van der Waals surface area contributed by atoms with E-state index in [1.54, 1.807) is 19.1 Å². The fraction of sp³-hybridized carbons (Fsp3) is 0.250. The van der Waals surface area contributed by atoms with Gasteiger partial charge >= 0.3 is 5.97 Å². The summed E-state index contributed by atoms with van der Waals surface area (Å²) in [7, 11) is 3.85. The zero-order valence-corrected chi connectivity index (χ0v) is 12.5. The second-order valence-electron chi connectivity index (χ2n) is 5.06. The molecule has 0 saturated carbocycles. The Labute approximate surface area is 123 Å². The zero-order chi connectivity index (χ0) is 15.6. The number of carbonyl (C=O) groups is 1. The highest BCUT2D eigenvalue weighted by Gasteiger charge is 2.18. The number of carboxylic acid groups (broad SMARTS) is 1. The third-order valence-corrected chi connectivity index (χ3v) is 3.07. The maximum Gasteiger partial charge on any atom is 0.341 e. The summed E-state index contributed by atoms with van der Waals surface area (Å²) in [6, 6.07) is 9.14. The molecule has 0 aliphatic rings. The molecule has 1 heterocycles. The summed E-state index contributed by atoms with van der Waals surface area (Å²) in [5, 5.41) is 9.33. The quantitative estimate of drug-likeness (QED) is 0.934. The van der Waals surface area contributed by atoms with Crippen LogP contribution in [0, 0.1) is 13.8 Å². The number of pyridine rings is 1. The van der Waals surface area contributed by atoms with Crippen molar-refractivity contribution in [1.29, 1.82) is 0 Å². The fourth-order valence-corrected chi connectivity index (χ4v) is 2.07. The van der Waals surface area contributed by atoms with E-state index < -0.39 is 5.97 Å². The molecule has 5 nitrogen and oxygen atoms in total. The topological polar surface area (TPSA) is 62.7 Å². The molecule has 1 aromatic heterocycles. The molecule has 0 amide bonds. The van der Waals surface area contributed by atoms with Gasteiger partial charge in [-0.3, -0.25) is 0 Å². The third kappa shape index (κ3) is 3.31. The molecule has 0 radical (unpaired) electrons. The monoisotopic (exact) mass is 286 g/mol. The minimum Gasteiger partial charge on any atom is -0.477 e. The van der Waals surface area contributed by atoms with Crippen LogP contribution < -0.4 is 9.64 Å². The minimum atomic E-state index is -1.04. The Kier molecular flexibility index (Phi) is 4.12. The van der Waals surface area contributed by atoms with Gasteiger partial charge in [0, 0.05) is 31.5 Å². The minimum absolute atomic E-state index is 0.0934. The van der Waals surface area contributed by atoms with Gasteiger partial charge < -0.3 is 14.7 Å². The SMILES string of the molecule is Cc1cc(C)c(C(=O)O)c(Oc2cccc(N(C)C)c2)n1. The van der Waals surface area contributed by atoms with E-state index in [9.17, 15) is 9.90 Å². The summed E-state index contributed by atoms with van der Waals surface area (Å²) < 4.78 is 5.70. The molecular weight excluding hydrogens is 268 g/mol. The Balaban J connectivity index is 2.44. The highest BCUT2D eigenvalue weighted by atomic mass is 16.5. The fourth-order valence-electron chi connectivity index (χ4n) is 2.07. The normalized spacial score (nSPS) is 10.3. The van der Waals surface area contributed by atoms with Crippen molar-refractivity contribution in [2.24, 2.45) is 0 Å². The first-order chi connectivity index (χ1) is 9.88. The smallest absolute Gasteiger partial charge is 0.341 e. The molecule has 110 valence electrons. The van der Waals surface area contributed by atoms with Crippen molar-refractivity contribution in [3.05, 3.63) is 47.2 Å². The van der Waals surface area contributed by atoms with E-state index >= 15 is 0 Å². The van der Waals surface area contributed by atoms with E-state index in [4.69, 9.17) is 4.74 Å². The first kappa shape index (κ1) is 14.8. The van der Waals surface area contributed by atoms with Gasteiger partial charge in [0.2, 0.25) is 5.88 Å². The number of benzene rings is 1. The molecule has 1 N–H and O–H groups in total. The van der Waals surface area contributed by atoms with Crippen LogP contribution in [-0.2, 0) is 0 Å². The Hall–Kier alpha value is -2.56. The number of hydrogen-bond donors (Lipinski definition) is 1. The van der Waals surface area contributed by atoms with Crippen LogP contribution in [0.5, 0.6) is 11.6 Å². The van der Waals surface area contributed by atoms with Crippen molar-refractivity contribution >= 4 is 11.7 Å². The van der Waals surface area contributed by atoms with Gasteiger partial charge in [0.15, 0.2) is 0 Å². The van der Waals surface area contributed by atoms with Crippen LogP contribution in [-0.4, -0.2) is 30.2 Å². The van der Waals surface area contributed by atoms with Crippen LogP contribution in [0.3, 0.4) is 0 Å². The lowest BCUT2D eigenvalue weighted by Gasteiger charge is -2.15. The number of ether oxygens (including phenoxy) is 1. The second-order valence-corrected chi connectivity index (χ2v) is 5.06. The van der Waals surface area contributed by atoms with Gasteiger partial charge in [-0.05, 0) is 37.6 Å². The summed E-state index contributed by atoms with van der Waals surface area (Å²) in [4.78, 5) is 17.5. The maximum absolute atomic E-state index is 11.4. The van der Waals surface area contributed by atoms with E-state index in [0.29, 0.717) is 11.3 Å². The molecule has 0 saturated heterocycles. The van der Waals surface area contributed by atoms with Gasteiger partial charge in [0.25, 0.3) is 0 Å². The van der Waals surface area contributed by atoms with E-state index in [1.807, 2.05) is 44.1 Å². The summed E-state index contributed by atoms with van der Waals surface area (Å²) in [5.41, 5.74) is 2.41. The first-order valence-corrected chi connectivity index (χ1v) is 6.55. The van der Waals surface area contributed by atoms with Gasteiger partial charge in [-0.15, -0.1) is 0 Å². The van der Waals surface area contributed by atoms with Crippen LogP contribution in [0.15, 0.2) is 30.3 Å². The van der Waals surface area contributed by atoms with E-state index in [-0.39, 0.29) is 11.4 Å². The molecule has 5 heteroatoms. The molecule has 0 spiro atoms. The van der Waals surface area contributed by atoms with Crippen LogP contribution in [0.1, 0.15) is 21.6 Å². The third-order valence-electron chi connectivity index (χ3n) is 3.07. The average Bonchev–Trinajstić information content (AvgIpc) is 2.37. The largest absolute Gasteiger partial charge is 0.477 e. The van der Waals surface area contributed by atoms with Crippen molar-refractivity contribution in [1.82, 2.24) is 4.98 Å². The Morgan fingerprint density at radius 1 is 1.24 bits per heavy atom. The Morgan fingerprint density at radius 3 is 2.57 bits per heavy atom. The molecular formula is C16H18N2O3. The molecule has 0 unspecified atom stereocenters. The van der Waals surface area contributed by atoms with Crippen LogP contribution in [0.4, 0.5) is 5.69 Å². The van der Waals surface area contributed by atoms with Crippen molar-refractivity contribution in [2.45, 2.75) is 13.8 Å². The lowest BCUT2D eigenvalue weighted by Crippen LogP contribution is -2.09. The highest BCUT2D eigenvalue weighted by molar-refractivity contribution is 5.92. The molecule has 0 fully saturated rings. The average molecular weight is 286 g/mol. The Morgan fingerprint density at radius 2 is 1.95 bits per heavy atom. The molecule has 0 aliphatic carbocycles. The van der Waals surface area contributed by atoms with Gasteiger partial charge in [0.05, 0.1) is 0 Å². The molecule has 2 aromatic rings. The van der Waals surface area contributed by atoms with Crippen molar-refractivity contribution < 1.29 is 14.6 Å². The number of anilines is 1. The molecule has 2 rings (SSSR count). The predicted octanol–water partition coefficient (Wildman–Crippen LogP) is 3.25. The molecule has 0 bridgehead atoms. The Bertz CT molecular complexity index is 681. The van der Waals surface area contributed by atoms with Crippen LogP contribution in [0.2, 0.25) is 0 Å². The van der Waals surface area contributed by atoms with Gasteiger partial charge in [-0.2, -0.15) is 0 Å². The molecule has 0 aliphatic heterocycles. The number of hydrogen-bond acceptors (Lipinski definition) is 4. The van der Waals surface area contributed by atoms with Gasteiger partial charge in [0.1, 0.15) is 11.3 Å². The summed E-state index contributed by atoms with van der Waals surface area (Å²) >= 11 is 0. The lowest BCUT2D eigenvalue weighted by atomic mass is 10.1.